The molecule has 3 unspecified atom stereocenters. The number of halogens is 1. The van der Waals surface area contributed by atoms with E-state index < -0.39 is 35.1 Å². The summed E-state index contributed by atoms with van der Waals surface area (Å²) < 4.78 is 19.1. The molecule has 202 valence electrons. The Hall–Kier alpha value is -3.26. The number of benzene rings is 1. The van der Waals surface area contributed by atoms with Crippen molar-refractivity contribution in [3.8, 4) is 0 Å². The van der Waals surface area contributed by atoms with E-state index in [1.54, 1.807) is 33.0 Å². The Labute approximate surface area is 219 Å². The first kappa shape index (κ1) is 30.0. The molecule has 1 aromatic rings. The lowest BCUT2D eigenvalue weighted by Gasteiger charge is -2.34. The van der Waals surface area contributed by atoms with Crippen LogP contribution in [0.1, 0.15) is 59.4 Å². The lowest BCUT2D eigenvalue weighted by molar-refractivity contribution is -0.141. The highest BCUT2D eigenvalue weighted by molar-refractivity contribution is 5.86. The number of carbonyl (C=O) groups excluding carboxylic acids is 3. The molecular weight excluding hydrogens is 475 g/mol. The third-order valence-corrected chi connectivity index (χ3v) is 6.45. The number of rotatable bonds is 11. The first-order chi connectivity index (χ1) is 17.5. The van der Waals surface area contributed by atoms with E-state index in [-0.39, 0.29) is 13.0 Å². The Morgan fingerprint density at radius 3 is 2.49 bits per heavy atom. The average Bonchev–Trinajstić information content (AvgIpc) is 3.10. The van der Waals surface area contributed by atoms with Crippen LogP contribution in [0.25, 0.3) is 0 Å². The monoisotopic (exact) mass is 514 g/mol. The third kappa shape index (κ3) is 7.86. The predicted molar refractivity (Wildman–Crippen MR) is 141 cm³/mol. The zero-order valence-corrected chi connectivity index (χ0v) is 22.4. The van der Waals surface area contributed by atoms with Gasteiger partial charge in [0.15, 0.2) is 0 Å². The predicted octanol–water partition coefficient (Wildman–Crippen LogP) is 5.31. The van der Waals surface area contributed by atoms with Gasteiger partial charge in [0.25, 0.3) is 0 Å². The molecule has 1 aliphatic rings. The molecule has 0 radical (unpaired) electrons. The SMILES string of the molecule is C/C=C\C1N(C(=O)OC(C)(C)C)C=C(CCCC(=O)N(C=O)C(CO)Cc2ccccc2)C1(C)/C=C/F. The van der Waals surface area contributed by atoms with Crippen LogP contribution in [0, 0.1) is 5.41 Å². The second kappa shape index (κ2) is 13.3. The second-order valence-corrected chi connectivity index (χ2v) is 10.4. The Kier molecular flexibility index (Phi) is 10.8. The van der Waals surface area contributed by atoms with Crippen molar-refractivity contribution in [3.05, 3.63) is 72.2 Å². The fourth-order valence-corrected chi connectivity index (χ4v) is 4.54. The van der Waals surface area contributed by atoms with E-state index in [2.05, 4.69) is 0 Å². The summed E-state index contributed by atoms with van der Waals surface area (Å²) in [7, 11) is 0. The molecule has 1 N–H and O–H groups in total. The first-order valence-corrected chi connectivity index (χ1v) is 12.5. The van der Waals surface area contributed by atoms with E-state index in [1.807, 2.05) is 50.3 Å². The minimum Gasteiger partial charge on any atom is -0.443 e. The van der Waals surface area contributed by atoms with Crippen molar-refractivity contribution in [3.63, 3.8) is 0 Å². The summed E-state index contributed by atoms with van der Waals surface area (Å²) in [5, 5.41) is 9.84. The van der Waals surface area contributed by atoms with E-state index >= 15 is 0 Å². The molecule has 0 bridgehead atoms. The molecule has 3 atom stereocenters. The molecule has 1 heterocycles. The molecule has 1 aromatic carbocycles. The third-order valence-electron chi connectivity index (χ3n) is 6.45. The number of ether oxygens (including phenoxy) is 1. The molecular formula is C29H39FN2O5. The number of aliphatic hydroxyl groups is 1. The van der Waals surface area contributed by atoms with Crippen LogP contribution in [0.3, 0.4) is 0 Å². The molecule has 0 aliphatic carbocycles. The summed E-state index contributed by atoms with van der Waals surface area (Å²) in [6.07, 6.45) is 8.27. The van der Waals surface area contributed by atoms with Gasteiger partial charge in [0.2, 0.25) is 12.3 Å². The van der Waals surface area contributed by atoms with Crippen molar-refractivity contribution < 1.29 is 28.6 Å². The largest absolute Gasteiger partial charge is 0.443 e. The Bertz CT molecular complexity index is 1010. The number of hydrogen-bond donors (Lipinski definition) is 1. The van der Waals surface area contributed by atoms with Gasteiger partial charge in [0.05, 0.1) is 25.0 Å². The minimum atomic E-state index is -0.841. The maximum atomic E-state index is 13.5. The molecule has 0 fully saturated rings. The quantitative estimate of drug-likeness (QED) is 0.319. The highest BCUT2D eigenvalue weighted by Crippen LogP contribution is 2.45. The molecule has 8 heteroatoms. The molecule has 0 spiro atoms. The smallest absolute Gasteiger partial charge is 0.414 e. The van der Waals surface area contributed by atoms with Crippen LogP contribution >= 0.6 is 0 Å². The number of nitrogens with zero attached hydrogens (tertiary/aromatic N) is 2. The lowest BCUT2D eigenvalue weighted by Crippen LogP contribution is -2.43. The van der Waals surface area contributed by atoms with Crippen molar-refractivity contribution >= 4 is 18.4 Å². The number of allylic oxidation sites excluding steroid dienone is 1. The van der Waals surface area contributed by atoms with Gasteiger partial charge in [-0.1, -0.05) is 42.5 Å². The Morgan fingerprint density at radius 1 is 1.27 bits per heavy atom. The van der Waals surface area contributed by atoms with Crippen molar-refractivity contribution in [1.29, 1.82) is 0 Å². The molecule has 0 saturated carbocycles. The van der Waals surface area contributed by atoms with Crippen LogP contribution in [-0.4, -0.2) is 57.6 Å². The number of hydrogen-bond acceptors (Lipinski definition) is 5. The molecule has 2 rings (SSSR count). The van der Waals surface area contributed by atoms with Gasteiger partial charge < -0.3 is 9.84 Å². The topological polar surface area (TPSA) is 87.2 Å². The first-order valence-electron chi connectivity index (χ1n) is 12.5. The summed E-state index contributed by atoms with van der Waals surface area (Å²) in [5.41, 5.74) is 0.132. The van der Waals surface area contributed by atoms with Gasteiger partial charge in [-0.05, 0) is 71.1 Å². The zero-order valence-electron chi connectivity index (χ0n) is 22.4. The lowest BCUT2D eigenvalue weighted by atomic mass is 9.76. The van der Waals surface area contributed by atoms with Crippen molar-refractivity contribution in [1.82, 2.24) is 9.80 Å². The fraction of sp³-hybridized carbons (Fsp3) is 0.483. The van der Waals surface area contributed by atoms with E-state index in [0.29, 0.717) is 32.0 Å². The Balaban J connectivity index is 2.17. The van der Waals surface area contributed by atoms with E-state index in [1.165, 1.54) is 11.0 Å². The molecule has 0 aromatic heterocycles. The summed E-state index contributed by atoms with van der Waals surface area (Å²) in [5.74, 6) is -0.402. The van der Waals surface area contributed by atoms with Gasteiger partial charge in [-0.25, -0.2) is 9.18 Å². The van der Waals surface area contributed by atoms with Crippen LogP contribution in [0.15, 0.2) is 66.7 Å². The van der Waals surface area contributed by atoms with E-state index in [0.717, 1.165) is 16.0 Å². The van der Waals surface area contributed by atoms with Gasteiger partial charge in [-0.15, -0.1) is 0 Å². The summed E-state index contributed by atoms with van der Waals surface area (Å²) in [6.45, 7) is 8.64. The molecule has 3 amide bonds. The number of carbonyl (C=O) groups is 3. The van der Waals surface area contributed by atoms with Crippen LogP contribution in [-0.2, 0) is 20.7 Å². The van der Waals surface area contributed by atoms with Gasteiger partial charge >= 0.3 is 6.09 Å². The highest BCUT2D eigenvalue weighted by atomic mass is 19.1. The maximum Gasteiger partial charge on any atom is 0.414 e. The zero-order chi connectivity index (χ0) is 27.6. The standard InChI is InChI=1S/C29H39FN2O5/c1-6-11-25-29(5,16-17-30)23(19-31(25)27(36)37-28(2,3)4)14-10-15-26(35)32(21-34)24(20-33)18-22-12-8-7-9-13-22/h6-9,11-13,16-17,19,21,24-25,33H,10,14-15,18,20H2,1-5H3/b11-6-,17-16+. The highest BCUT2D eigenvalue weighted by Gasteiger charge is 2.45. The average molecular weight is 515 g/mol. The summed E-state index contributed by atoms with van der Waals surface area (Å²) in [6, 6.07) is 8.17. The maximum absolute atomic E-state index is 13.5. The number of imide groups is 1. The van der Waals surface area contributed by atoms with Crippen LogP contribution in [0.2, 0.25) is 0 Å². The summed E-state index contributed by atoms with van der Waals surface area (Å²) >= 11 is 0. The molecule has 37 heavy (non-hydrogen) atoms. The van der Waals surface area contributed by atoms with Crippen LogP contribution in [0.5, 0.6) is 0 Å². The van der Waals surface area contributed by atoms with Gasteiger partial charge in [0.1, 0.15) is 5.60 Å². The fourth-order valence-electron chi connectivity index (χ4n) is 4.54. The van der Waals surface area contributed by atoms with E-state index in [9.17, 15) is 23.9 Å². The number of amides is 3. The van der Waals surface area contributed by atoms with Crippen molar-refractivity contribution in [2.75, 3.05) is 6.61 Å². The molecule has 0 saturated heterocycles. The molecule has 1 aliphatic heterocycles. The van der Waals surface area contributed by atoms with Gasteiger partial charge in [-0.3, -0.25) is 19.4 Å². The molecule has 7 nitrogen and oxygen atoms in total. The minimum absolute atomic E-state index is 0.0531. The number of aliphatic hydroxyl groups excluding tert-OH is 1. The van der Waals surface area contributed by atoms with Gasteiger partial charge in [0, 0.05) is 18.0 Å². The normalized spacial score (nSPS) is 20.8. The Morgan fingerprint density at radius 2 is 1.95 bits per heavy atom. The van der Waals surface area contributed by atoms with E-state index in [4.69, 9.17) is 4.74 Å². The van der Waals surface area contributed by atoms with Crippen LogP contribution in [0.4, 0.5) is 9.18 Å². The van der Waals surface area contributed by atoms with Crippen LogP contribution < -0.4 is 0 Å². The van der Waals surface area contributed by atoms with Gasteiger partial charge in [-0.2, -0.15) is 0 Å². The van der Waals surface area contributed by atoms with Crippen molar-refractivity contribution in [2.45, 2.75) is 78.0 Å². The second-order valence-electron chi connectivity index (χ2n) is 10.4. The summed E-state index contributed by atoms with van der Waals surface area (Å²) in [4.78, 5) is 40.1. The van der Waals surface area contributed by atoms with Crippen molar-refractivity contribution in [2.24, 2.45) is 5.41 Å².